The van der Waals surface area contributed by atoms with Gasteiger partial charge >= 0.3 is 0 Å². The molecule has 0 bridgehead atoms. The zero-order valence-electron chi connectivity index (χ0n) is 11.7. The second-order valence-electron chi connectivity index (χ2n) is 5.67. The molecule has 0 aromatic heterocycles. The third kappa shape index (κ3) is 2.69. The van der Waals surface area contributed by atoms with Crippen LogP contribution in [0.1, 0.15) is 53.9 Å². The van der Waals surface area contributed by atoms with E-state index < -0.39 is 0 Å². The van der Waals surface area contributed by atoms with Crippen LogP contribution >= 0.6 is 0 Å². The molecule has 1 aliphatic rings. The van der Waals surface area contributed by atoms with Crippen LogP contribution in [0.25, 0.3) is 0 Å². The number of hydrogen-bond acceptors (Lipinski definition) is 1. The average molecular weight is 222 g/mol. The molecular formula is C15H26O. The highest BCUT2D eigenvalue weighted by Crippen LogP contribution is 2.45. The van der Waals surface area contributed by atoms with Gasteiger partial charge in [-0.15, -0.1) is 0 Å². The molecule has 1 heteroatoms. The maximum atomic E-state index is 5.52. The monoisotopic (exact) mass is 222 g/mol. The van der Waals surface area contributed by atoms with Crippen LogP contribution < -0.4 is 0 Å². The molecule has 0 fully saturated rings. The highest BCUT2D eigenvalue weighted by Gasteiger charge is 2.35. The van der Waals surface area contributed by atoms with Crippen LogP contribution in [-0.4, -0.2) is 7.11 Å². The third-order valence-electron chi connectivity index (χ3n) is 4.28. The first-order valence-electron chi connectivity index (χ1n) is 6.27. The summed E-state index contributed by atoms with van der Waals surface area (Å²) in [6.07, 6.45) is 5.94. The van der Waals surface area contributed by atoms with E-state index in [2.05, 4.69) is 40.7 Å². The van der Waals surface area contributed by atoms with Crippen molar-refractivity contribution in [3.8, 4) is 0 Å². The summed E-state index contributed by atoms with van der Waals surface area (Å²) < 4.78 is 5.52. The van der Waals surface area contributed by atoms with Gasteiger partial charge in [-0.2, -0.15) is 0 Å². The van der Waals surface area contributed by atoms with Crippen molar-refractivity contribution in [1.29, 1.82) is 0 Å². The van der Waals surface area contributed by atoms with Crippen molar-refractivity contribution in [3.05, 3.63) is 23.0 Å². The molecule has 1 nitrogen and oxygen atoms in total. The van der Waals surface area contributed by atoms with Crippen LogP contribution in [-0.2, 0) is 4.74 Å². The maximum Gasteiger partial charge on any atom is 0.0947 e. The van der Waals surface area contributed by atoms with E-state index in [0.717, 1.165) is 6.42 Å². The van der Waals surface area contributed by atoms with Crippen molar-refractivity contribution < 1.29 is 4.74 Å². The molecule has 0 saturated heterocycles. The van der Waals surface area contributed by atoms with Gasteiger partial charge in [-0.25, -0.2) is 0 Å². The number of ether oxygens (including phenoxy) is 1. The Morgan fingerprint density at radius 2 is 2.12 bits per heavy atom. The summed E-state index contributed by atoms with van der Waals surface area (Å²) in [5.74, 6) is 1.83. The van der Waals surface area contributed by atoms with Gasteiger partial charge in [0.2, 0.25) is 0 Å². The molecule has 0 spiro atoms. The predicted octanol–water partition coefficient (Wildman–Crippen LogP) is 4.70. The van der Waals surface area contributed by atoms with Crippen molar-refractivity contribution in [2.75, 3.05) is 7.11 Å². The summed E-state index contributed by atoms with van der Waals surface area (Å²) >= 11 is 0. The van der Waals surface area contributed by atoms with Crippen molar-refractivity contribution in [2.45, 2.75) is 53.9 Å². The Balaban J connectivity index is 2.87. The lowest BCUT2D eigenvalue weighted by atomic mass is 9.66. The Morgan fingerprint density at radius 1 is 1.50 bits per heavy atom. The zero-order chi connectivity index (χ0) is 12.3. The molecular weight excluding hydrogens is 196 g/mol. The van der Waals surface area contributed by atoms with Gasteiger partial charge in [0.1, 0.15) is 0 Å². The second-order valence-corrected chi connectivity index (χ2v) is 5.67. The number of hydrogen-bond donors (Lipinski definition) is 0. The molecule has 1 aliphatic carbocycles. The molecule has 0 aromatic carbocycles. The molecule has 0 radical (unpaired) electrons. The van der Waals surface area contributed by atoms with Crippen LogP contribution in [0.5, 0.6) is 0 Å². The average Bonchev–Trinajstić information content (AvgIpc) is 2.22. The molecule has 0 amide bonds. The fraction of sp³-hybridized carbons (Fsp3) is 0.733. The molecule has 16 heavy (non-hydrogen) atoms. The van der Waals surface area contributed by atoms with E-state index in [9.17, 15) is 0 Å². The Kier molecular flexibility index (Phi) is 4.23. The Labute approximate surface area is 101 Å². The second kappa shape index (κ2) is 5.07. The van der Waals surface area contributed by atoms with Crippen molar-refractivity contribution >= 4 is 0 Å². The van der Waals surface area contributed by atoms with Crippen molar-refractivity contribution in [3.63, 3.8) is 0 Å². The van der Waals surface area contributed by atoms with E-state index in [-0.39, 0.29) is 0 Å². The lowest BCUT2D eigenvalue weighted by Crippen LogP contribution is -2.29. The van der Waals surface area contributed by atoms with Crippen LogP contribution in [0, 0.1) is 11.3 Å². The lowest BCUT2D eigenvalue weighted by Gasteiger charge is -2.40. The van der Waals surface area contributed by atoms with E-state index in [0.29, 0.717) is 11.3 Å². The smallest absolute Gasteiger partial charge is 0.0947 e. The van der Waals surface area contributed by atoms with E-state index in [1.165, 1.54) is 29.7 Å². The van der Waals surface area contributed by atoms with Gasteiger partial charge < -0.3 is 4.74 Å². The highest BCUT2D eigenvalue weighted by atomic mass is 16.5. The number of allylic oxidation sites excluding steroid dienone is 4. The zero-order valence-corrected chi connectivity index (χ0v) is 11.7. The van der Waals surface area contributed by atoms with Gasteiger partial charge in [0.25, 0.3) is 0 Å². The maximum absolute atomic E-state index is 5.52. The topological polar surface area (TPSA) is 9.23 Å². The minimum atomic E-state index is 0.363. The minimum Gasteiger partial charge on any atom is -0.501 e. The van der Waals surface area contributed by atoms with Gasteiger partial charge in [-0.3, -0.25) is 0 Å². The molecule has 92 valence electrons. The first-order valence-corrected chi connectivity index (χ1v) is 6.27. The summed E-state index contributed by atoms with van der Waals surface area (Å²) in [6, 6.07) is 0. The first-order chi connectivity index (χ1) is 7.40. The SMILES string of the molecule is COC(CC1(C)CCC=C(C)C1C)=C(C)C. The van der Waals surface area contributed by atoms with Gasteiger partial charge in [0.05, 0.1) is 12.9 Å². The molecule has 0 aliphatic heterocycles. The van der Waals surface area contributed by atoms with Gasteiger partial charge in [-0.1, -0.05) is 25.5 Å². The molecule has 1 rings (SSSR count). The van der Waals surface area contributed by atoms with Crippen molar-refractivity contribution in [2.24, 2.45) is 11.3 Å². The number of methoxy groups -OCH3 is 1. The normalized spacial score (nSPS) is 29.6. The molecule has 0 saturated carbocycles. The van der Waals surface area contributed by atoms with E-state index in [4.69, 9.17) is 4.74 Å². The minimum absolute atomic E-state index is 0.363. The molecule has 0 heterocycles. The van der Waals surface area contributed by atoms with E-state index in [1.54, 1.807) is 7.11 Å². The van der Waals surface area contributed by atoms with E-state index >= 15 is 0 Å². The Bertz CT molecular complexity index is 307. The standard InChI is InChI=1S/C15H26O/c1-11(2)14(16-6)10-15(5)9-7-8-12(3)13(15)4/h8,13H,7,9-10H2,1-6H3. The van der Waals surface area contributed by atoms with Crippen molar-refractivity contribution in [1.82, 2.24) is 0 Å². The lowest BCUT2D eigenvalue weighted by molar-refractivity contribution is 0.153. The summed E-state index contributed by atoms with van der Waals surface area (Å²) in [7, 11) is 1.79. The molecule has 0 aromatic rings. The number of rotatable bonds is 3. The summed E-state index contributed by atoms with van der Waals surface area (Å²) in [5.41, 5.74) is 3.21. The van der Waals surface area contributed by atoms with Gasteiger partial charge in [0.15, 0.2) is 0 Å². The van der Waals surface area contributed by atoms with Gasteiger partial charge in [0, 0.05) is 6.42 Å². The fourth-order valence-corrected chi connectivity index (χ4v) is 2.63. The van der Waals surface area contributed by atoms with E-state index in [1.807, 2.05) is 0 Å². The van der Waals surface area contributed by atoms with Crippen LogP contribution in [0.3, 0.4) is 0 Å². The fourth-order valence-electron chi connectivity index (χ4n) is 2.63. The van der Waals surface area contributed by atoms with Gasteiger partial charge in [-0.05, 0) is 50.5 Å². The quantitative estimate of drug-likeness (QED) is 0.497. The Morgan fingerprint density at radius 3 is 2.62 bits per heavy atom. The molecule has 2 unspecified atom stereocenters. The highest BCUT2D eigenvalue weighted by molar-refractivity contribution is 5.15. The van der Waals surface area contributed by atoms with Crippen LogP contribution in [0.2, 0.25) is 0 Å². The van der Waals surface area contributed by atoms with Crippen LogP contribution in [0.15, 0.2) is 23.0 Å². The molecule has 0 N–H and O–H groups in total. The predicted molar refractivity (Wildman–Crippen MR) is 70.3 cm³/mol. The first kappa shape index (κ1) is 13.3. The third-order valence-corrected chi connectivity index (χ3v) is 4.28. The molecule has 2 atom stereocenters. The summed E-state index contributed by atoms with van der Waals surface area (Å²) in [4.78, 5) is 0. The van der Waals surface area contributed by atoms with Crippen LogP contribution in [0.4, 0.5) is 0 Å². The largest absolute Gasteiger partial charge is 0.501 e. The summed E-state index contributed by atoms with van der Waals surface area (Å²) in [6.45, 7) is 11.3. The Hall–Kier alpha value is -0.720. The summed E-state index contributed by atoms with van der Waals surface area (Å²) in [5, 5.41) is 0.